The van der Waals surface area contributed by atoms with Gasteiger partial charge in [0.1, 0.15) is 5.69 Å². The Morgan fingerprint density at radius 2 is 1.74 bits per heavy atom. The van der Waals surface area contributed by atoms with Crippen molar-refractivity contribution in [2.45, 2.75) is 44.9 Å². The lowest BCUT2D eigenvalue weighted by Crippen LogP contribution is -2.37. The van der Waals surface area contributed by atoms with E-state index in [0.717, 1.165) is 27.5 Å². The van der Waals surface area contributed by atoms with E-state index in [1.807, 2.05) is 49.4 Å². The number of amides is 2. The predicted molar refractivity (Wildman–Crippen MR) is 178 cm³/mol. The number of benzene rings is 4. The number of carbonyl (C=O) groups is 2. The van der Waals surface area contributed by atoms with Crippen LogP contribution in [0.4, 0.5) is 0 Å². The van der Waals surface area contributed by atoms with Gasteiger partial charge in [0.15, 0.2) is 0 Å². The monoisotopic (exact) mass is 672 g/mol. The second-order valence-electron chi connectivity index (χ2n) is 11.4. The molecule has 0 spiro atoms. The van der Waals surface area contributed by atoms with E-state index < -0.39 is 22.2 Å². The maximum absolute atomic E-state index is 14.2. The summed E-state index contributed by atoms with van der Waals surface area (Å²) in [6.45, 7) is 6.33. The Balaban J connectivity index is 1.38. The van der Waals surface area contributed by atoms with Gasteiger partial charge in [0, 0.05) is 25.3 Å². The van der Waals surface area contributed by atoms with Crippen LogP contribution in [-0.4, -0.2) is 53.2 Å². The summed E-state index contributed by atoms with van der Waals surface area (Å²) in [6.07, 6.45) is -0.738. The van der Waals surface area contributed by atoms with E-state index in [9.17, 15) is 23.1 Å². The number of aryl methyl sites for hydroxylation is 1. The molecule has 2 amide bonds. The molecule has 47 heavy (non-hydrogen) atoms. The first-order valence-electron chi connectivity index (χ1n) is 15.1. The summed E-state index contributed by atoms with van der Waals surface area (Å²) in [6, 6.07) is 22.5. The van der Waals surface area contributed by atoms with Gasteiger partial charge in [-0.05, 0) is 79.4 Å². The summed E-state index contributed by atoms with van der Waals surface area (Å²) in [5.74, 6) is -1.28. The third kappa shape index (κ3) is 6.39. The van der Waals surface area contributed by atoms with E-state index in [1.54, 1.807) is 24.8 Å². The molecular formula is C35H33ClN4O6S. The molecule has 242 valence electrons. The molecule has 0 saturated carbocycles. The van der Waals surface area contributed by atoms with Crippen LogP contribution in [0.3, 0.4) is 0 Å². The van der Waals surface area contributed by atoms with E-state index in [4.69, 9.17) is 16.3 Å². The summed E-state index contributed by atoms with van der Waals surface area (Å²) >= 11 is 6.54. The van der Waals surface area contributed by atoms with E-state index in [1.165, 1.54) is 35.0 Å². The van der Waals surface area contributed by atoms with Gasteiger partial charge >= 0.3 is 0 Å². The summed E-state index contributed by atoms with van der Waals surface area (Å²) in [7, 11) is -4.26. The van der Waals surface area contributed by atoms with Crippen molar-refractivity contribution in [1.82, 2.24) is 19.4 Å². The number of halogens is 1. The van der Waals surface area contributed by atoms with Crippen LogP contribution in [0.1, 0.15) is 62.0 Å². The maximum atomic E-state index is 14.2. The Kier molecular flexibility index (Phi) is 8.91. The molecule has 0 aliphatic carbocycles. The number of rotatable bonds is 8. The maximum Gasteiger partial charge on any atom is 0.265 e. The van der Waals surface area contributed by atoms with Gasteiger partial charge in [0.25, 0.3) is 21.8 Å². The number of nitrogens with zero attached hydrogens (tertiary/aromatic N) is 3. The SMILES string of the molecule is CCOC(O)c1nn(-c2ccc(C(=O)NS(=O)(=O)c3ccc4ccc(C)cc4c3)cc2C(=O)N2CCc3ccccc3C2)c(C)c1Cl. The second kappa shape index (κ2) is 12.9. The average Bonchev–Trinajstić information content (AvgIpc) is 3.36. The Hall–Kier alpha value is -4.55. The smallest absolute Gasteiger partial charge is 0.265 e. The Morgan fingerprint density at radius 3 is 2.51 bits per heavy atom. The van der Waals surface area contributed by atoms with Gasteiger partial charge in [-0.25, -0.2) is 17.8 Å². The Morgan fingerprint density at radius 1 is 1.00 bits per heavy atom. The molecule has 12 heteroatoms. The number of fused-ring (bicyclic) bond motifs is 2. The van der Waals surface area contributed by atoms with Gasteiger partial charge in [-0.1, -0.05) is 65.7 Å². The fourth-order valence-corrected chi connectivity index (χ4v) is 6.98. The highest BCUT2D eigenvalue weighted by atomic mass is 35.5. The summed E-state index contributed by atoms with van der Waals surface area (Å²) < 4.78 is 35.6. The highest BCUT2D eigenvalue weighted by Gasteiger charge is 2.29. The minimum absolute atomic E-state index is 0.0415. The molecule has 2 heterocycles. The number of hydrogen-bond acceptors (Lipinski definition) is 7. The van der Waals surface area contributed by atoms with Crippen molar-refractivity contribution < 1.29 is 27.9 Å². The third-order valence-electron chi connectivity index (χ3n) is 8.27. The van der Waals surface area contributed by atoms with E-state index >= 15 is 0 Å². The molecule has 1 aromatic heterocycles. The van der Waals surface area contributed by atoms with Crippen molar-refractivity contribution in [2.24, 2.45) is 0 Å². The third-order valence-corrected chi connectivity index (χ3v) is 10.1. The highest BCUT2D eigenvalue weighted by molar-refractivity contribution is 7.90. The number of aliphatic hydroxyl groups is 1. The van der Waals surface area contributed by atoms with Gasteiger partial charge in [-0.2, -0.15) is 5.10 Å². The first kappa shape index (κ1) is 32.4. The summed E-state index contributed by atoms with van der Waals surface area (Å²) in [5, 5.41) is 16.7. The minimum atomic E-state index is -4.26. The number of nitrogens with one attached hydrogen (secondary N) is 1. The first-order valence-corrected chi connectivity index (χ1v) is 17.0. The van der Waals surface area contributed by atoms with Crippen molar-refractivity contribution in [3.8, 4) is 5.69 Å². The van der Waals surface area contributed by atoms with Crippen LogP contribution in [0.15, 0.2) is 83.8 Å². The number of sulfonamides is 1. The summed E-state index contributed by atoms with van der Waals surface area (Å²) in [5.41, 5.74) is 4.02. The lowest BCUT2D eigenvalue weighted by atomic mass is 9.98. The Labute approximate surface area is 277 Å². The van der Waals surface area contributed by atoms with Crippen LogP contribution in [0.5, 0.6) is 0 Å². The lowest BCUT2D eigenvalue weighted by Gasteiger charge is -2.29. The van der Waals surface area contributed by atoms with Crippen molar-refractivity contribution in [2.75, 3.05) is 13.2 Å². The molecule has 5 aromatic rings. The minimum Gasteiger partial charge on any atom is -0.363 e. The van der Waals surface area contributed by atoms with Crippen molar-refractivity contribution >= 4 is 44.2 Å². The first-order chi connectivity index (χ1) is 22.5. The molecular weight excluding hydrogens is 640 g/mol. The fourth-order valence-electron chi connectivity index (χ4n) is 5.76. The van der Waals surface area contributed by atoms with Crippen molar-refractivity contribution in [3.63, 3.8) is 0 Å². The van der Waals surface area contributed by atoms with Gasteiger partial charge < -0.3 is 14.7 Å². The normalized spacial score (nSPS) is 13.8. The summed E-state index contributed by atoms with van der Waals surface area (Å²) in [4.78, 5) is 29.3. The average molecular weight is 673 g/mol. The van der Waals surface area contributed by atoms with Crippen LogP contribution >= 0.6 is 11.6 Å². The molecule has 0 saturated heterocycles. The van der Waals surface area contributed by atoms with Crippen LogP contribution in [-0.2, 0) is 27.7 Å². The highest BCUT2D eigenvalue weighted by Crippen LogP contribution is 2.31. The van der Waals surface area contributed by atoms with Crippen molar-refractivity contribution in [1.29, 1.82) is 0 Å². The quantitative estimate of drug-likeness (QED) is 0.204. The molecule has 2 N–H and O–H groups in total. The van der Waals surface area contributed by atoms with Gasteiger partial charge in [0.2, 0.25) is 6.29 Å². The van der Waals surface area contributed by atoms with E-state index in [2.05, 4.69) is 9.82 Å². The topological polar surface area (TPSA) is 131 Å². The standard InChI is InChI=1S/C35H33ClN4O6S/c1-4-46-35(43)32-31(36)22(3)40(37-32)30-14-12-25(19-29(30)34(42)39-16-15-23-7-5-6-8-26(23)20-39)33(41)38-47(44,45)28-13-11-24-10-9-21(2)17-27(24)18-28/h5-14,17-19,35,43H,4,15-16,20H2,1-3H3,(H,38,41). The zero-order valence-electron chi connectivity index (χ0n) is 26.0. The van der Waals surface area contributed by atoms with E-state index in [0.29, 0.717) is 30.9 Å². The molecule has 0 radical (unpaired) electrons. The Bertz CT molecular complexity index is 2150. The molecule has 1 atom stereocenters. The number of aliphatic hydroxyl groups excluding tert-OH is 1. The number of hydrogen-bond donors (Lipinski definition) is 2. The van der Waals surface area contributed by atoms with Gasteiger partial charge in [-0.3, -0.25) is 9.59 Å². The van der Waals surface area contributed by atoms with Crippen LogP contribution in [0, 0.1) is 13.8 Å². The molecule has 0 fully saturated rings. The van der Waals surface area contributed by atoms with Crippen LogP contribution in [0.25, 0.3) is 16.5 Å². The largest absolute Gasteiger partial charge is 0.363 e. The second-order valence-corrected chi connectivity index (χ2v) is 13.5. The zero-order valence-corrected chi connectivity index (χ0v) is 27.6. The number of carbonyl (C=O) groups excluding carboxylic acids is 2. The molecule has 10 nitrogen and oxygen atoms in total. The zero-order chi connectivity index (χ0) is 33.5. The van der Waals surface area contributed by atoms with Gasteiger partial charge in [-0.15, -0.1) is 0 Å². The molecule has 6 rings (SSSR count). The number of aromatic nitrogens is 2. The molecule has 1 aliphatic heterocycles. The van der Waals surface area contributed by atoms with Crippen molar-refractivity contribution in [3.05, 3.63) is 123 Å². The van der Waals surface area contributed by atoms with Crippen LogP contribution < -0.4 is 4.72 Å². The predicted octanol–water partition coefficient (Wildman–Crippen LogP) is 5.64. The fraction of sp³-hybridized carbons (Fsp3) is 0.229. The van der Waals surface area contributed by atoms with E-state index in [-0.39, 0.29) is 39.3 Å². The van der Waals surface area contributed by atoms with Crippen LogP contribution in [0.2, 0.25) is 5.02 Å². The number of ether oxygens (including phenoxy) is 1. The molecule has 0 bridgehead atoms. The lowest BCUT2D eigenvalue weighted by molar-refractivity contribution is -0.101. The molecule has 4 aromatic carbocycles. The van der Waals surface area contributed by atoms with Gasteiger partial charge in [0.05, 0.1) is 26.9 Å². The molecule has 1 unspecified atom stereocenters. The molecule has 1 aliphatic rings.